The summed E-state index contributed by atoms with van der Waals surface area (Å²) in [6, 6.07) is 7.68. The zero-order valence-corrected chi connectivity index (χ0v) is 11.5. The molecule has 20 heavy (non-hydrogen) atoms. The zero-order valence-electron chi connectivity index (χ0n) is 11.5. The van der Waals surface area contributed by atoms with Gasteiger partial charge in [-0.05, 0) is 43.1 Å². The molecule has 1 unspecified atom stereocenters. The van der Waals surface area contributed by atoms with Gasteiger partial charge in [0, 0.05) is 18.5 Å². The molecule has 0 spiro atoms. The fourth-order valence-corrected chi connectivity index (χ4v) is 2.29. The molecule has 2 rings (SSSR count). The smallest absolute Gasteiger partial charge is 0.129 e. The first-order chi connectivity index (χ1) is 9.69. The van der Waals surface area contributed by atoms with Crippen LogP contribution < -0.4 is 5.32 Å². The van der Waals surface area contributed by atoms with E-state index >= 15 is 0 Å². The van der Waals surface area contributed by atoms with Gasteiger partial charge in [-0.3, -0.25) is 0 Å². The van der Waals surface area contributed by atoms with Gasteiger partial charge in [0.2, 0.25) is 0 Å². The summed E-state index contributed by atoms with van der Waals surface area (Å²) >= 11 is 0. The number of rotatable bonds is 7. The third kappa shape index (κ3) is 4.17. The van der Waals surface area contributed by atoms with Gasteiger partial charge < -0.3 is 9.73 Å². The Morgan fingerprint density at radius 2 is 2.10 bits per heavy atom. The Labute approximate surface area is 117 Å². The number of benzene rings is 1. The molecule has 0 aliphatic rings. The summed E-state index contributed by atoms with van der Waals surface area (Å²) < 4.78 is 31.9. The average Bonchev–Trinajstić information content (AvgIpc) is 2.92. The van der Waals surface area contributed by atoms with Gasteiger partial charge in [-0.1, -0.05) is 13.0 Å². The molecule has 1 atom stereocenters. The second-order valence-corrected chi connectivity index (χ2v) is 4.81. The number of hydrogen-bond donors (Lipinski definition) is 1. The third-order valence-corrected chi connectivity index (χ3v) is 3.29. The van der Waals surface area contributed by atoms with Gasteiger partial charge in [0.25, 0.3) is 0 Å². The molecule has 1 heterocycles. The van der Waals surface area contributed by atoms with Gasteiger partial charge in [0.05, 0.1) is 6.26 Å². The topological polar surface area (TPSA) is 25.2 Å². The number of nitrogens with one attached hydrogen (secondary N) is 1. The van der Waals surface area contributed by atoms with E-state index in [0.717, 1.165) is 31.2 Å². The molecule has 0 radical (unpaired) electrons. The molecule has 0 aliphatic carbocycles. The molecule has 0 bridgehead atoms. The summed E-state index contributed by atoms with van der Waals surface area (Å²) in [6.07, 6.45) is 3.84. The monoisotopic (exact) mass is 279 g/mol. The van der Waals surface area contributed by atoms with Crippen molar-refractivity contribution in [1.29, 1.82) is 0 Å². The second-order valence-electron chi connectivity index (χ2n) is 4.81. The highest BCUT2D eigenvalue weighted by molar-refractivity contribution is 5.19. The number of hydrogen-bond acceptors (Lipinski definition) is 2. The van der Waals surface area contributed by atoms with Crippen LogP contribution in [0.5, 0.6) is 0 Å². The molecule has 0 amide bonds. The minimum atomic E-state index is -0.540. The Morgan fingerprint density at radius 3 is 2.75 bits per heavy atom. The van der Waals surface area contributed by atoms with E-state index in [4.69, 9.17) is 4.42 Å². The maximum atomic E-state index is 13.7. The molecule has 2 nitrogen and oxygen atoms in total. The van der Waals surface area contributed by atoms with Gasteiger partial charge >= 0.3 is 0 Å². The minimum Gasteiger partial charge on any atom is -0.469 e. The van der Waals surface area contributed by atoms with Crippen molar-refractivity contribution in [1.82, 2.24) is 5.32 Å². The number of furan rings is 1. The molecule has 1 aromatic carbocycles. The standard InChI is InChI=1S/C16H19F2NO/c1-2-19-14(7-8-15-4-3-9-20-15)10-12-5-6-13(17)11-16(12)18/h3-6,9,11,14,19H,2,7-8,10H2,1H3. The molecular weight excluding hydrogens is 260 g/mol. The van der Waals surface area contributed by atoms with E-state index in [0.29, 0.717) is 12.0 Å². The first-order valence-corrected chi connectivity index (χ1v) is 6.88. The predicted octanol–water partition coefficient (Wildman–Crippen LogP) is 3.71. The van der Waals surface area contributed by atoms with E-state index in [2.05, 4.69) is 5.32 Å². The molecule has 0 fully saturated rings. The van der Waals surface area contributed by atoms with Crippen LogP contribution in [-0.2, 0) is 12.8 Å². The molecule has 4 heteroatoms. The maximum Gasteiger partial charge on any atom is 0.129 e. The highest BCUT2D eigenvalue weighted by Crippen LogP contribution is 2.14. The van der Waals surface area contributed by atoms with Gasteiger partial charge in [-0.25, -0.2) is 8.78 Å². The number of halogens is 2. The lowest BCUT2D eigenvalue weighted by atomic mass is 10.0. The Hall–Kier alpha value is -1.68. The molecule has 1 aromatic heterocycles. The van der Waals surface area contributed by atoms with Crippen LogP contribution in [0.4, 0.5) is 8.78 Å². The lowest BCUT2D eigenvalue weighted by Gasteiger charge is -2.17. The van der Waals surface area contributed by atoms with Crippen molar-refractivity contribution in [3.8, 4) is 0 Å². The SMILES string of the molecule is CCNC(CCc1ccco1)Cc1ccc(F)cc1F. The van der Waals surface area contributed by atoms with E-state index in [1.165, 1.54) is 12.1 Å². The highest BCUT2D eigenvalue weighted by atomic mass is 19.1. The van der Waals surface area contributed by atoms with Crippen LogP contribution in [0.1, 0.15) is 24.7 Å². The maximum absolute atomic E-state index is 13.7. The van der Waals surface area contributed by atoms with Crippen molar-refractivity contribution in [2.45, 2.75) is 32.2 Å². The van der Waals surface area contributed by atoms with Crippen molar-refractivity contribution in [3.63, 3.8) is 0 Å². The van der Waals surface area contributed by atoms with Gasteiger partial charge in [0.15, 0.2) is 0 Å². The van der Waals surface area contributed by atoms with E-state index in [1.807, 2.05) is 19.1 Å². The van der Waals surface area contributed by atoms with Crippen LogP contribution in [0.3, 0.4) is 0 Å². The van der Waals surface area contributed by atoms with Crippen molar-refractivity contribution in [3.05, 3.63) is 59.6 Å². The van der Waals surface area contributed by atoms with Crippen LogP contribution in [0.2, 0.25) is 0 Å². The minimum absolute atomic E-state index is 0.144. The van der Waals surface area contributed by atoms with Crippen LogP contribution in [0, 0.1) is 11.6 Å². The summed E-state index contributed by atoms with van der Waals surface area (Å²) in [5.74, 6) is -0.0970. The van der Waals surface area contributed by atoms with Crippen molar-refractivity contribution < 1.29 is 13.2 Å². The number of aryl methyl sites for hydroxylation is 1. The van der Waals surface area contributed by atoms with Crippen molar-refractivity contribution in [2.24, 2.45) is 0 Å². The molecule has 0 saturated carbocycles. The summed E-state index contributed by atoms with van der Waals surface area (Å²) in [5, 5.41) is 3.33. The van der Waals surface area contributed by atoms with E-state index in [9.17, 15) is 8.78 Å². The lowest BCUT2D eigenvalue weighted by Crippen LogP contribution is -2.31. The first kappa shape index (κ1) is 14.7. The fraction of sp³-hybridized carbons (Fsp3) is 0.375. The lowest BCUT2D eigenvalue weighted by molar-refractivity contribution is 0.442. The molecule has 108 valence electrons. The van der Waals surface area contributed by atoms with Crippen molar-refractivity contribution >= 4 is 0 Å². The average molecular weight is 279 g/mol. The molecule has 2 aromatic rings. The Bertz CT molecular complexity index is 525. The zero-order chi connectivity index (χ0) is 14.4. The highest BCUT2D eigenvalue weighted by Gasteiger charge is 2.13. The van der Waals surface area contributed by atoms with E-state index in [1.54, 1.807) is 6.26 Å². The Morgan fingerprint density at radius 1 is 1.25 bits per heavy atom. The summed E-state index contributed by atoms with van der Waals surface area (Å²) in [6.45, 7) is 2.83. The number of likely N-dealkylation sites (N-methyl/N-ethyl adjacent to an activating group) is 1. The fourth-order valence-electron chi connectivity index (χ4n) is 2.29. The largest absolute Gasteiger partial charge is 0.469 e. The third-order valence-electron chi connectivity index (χ3n) is 3.29. The summed E-state index contributed by atoms with van der Waals surface area (Å²) in [7, 11) is 0. The normalized spacial score (nSPS) is 12.6. The van der Waals surface area contributed by atoms with Gasteiger partial charge in [-0.2, -0.15) is 0 Å². The van der Waals surface area contributed by atoms with E-state index in [-0.39, 0.29) is 6.04 Å². The summed E-state index contributed by atoms with van der Waals surface area (Å²) in [4.78, 5) is 0. The van der Waals surface area contributed by atoms with Gasteiger partial charge in [-0.15, -0.1) is 0 Å². The van der Waals surface area contributed by atoms with Gasteiger partial charge in [0.1, 0.15) is 17.4 Å². The van der Waals surface area contributed by atoms with Crippen LogP contribution in [0.25, 0.3) is 0 Å². The van der Waals surface area contributed by atoms with Crippen LogP contribution in [-0.4, -0.2) is 12.6 Å². The molecule has 0 aliphatic heterocycles. The first-order valence-electron chi connectivity index (χ1n) is 6.88. The molecule has 0 saturated heterocycles. The quantitative estimate of drug-likeness (QED) is 0.835. The second kappa shape index (κ2) is 7.20. The van der Waals surface area contributed by atoms with E-state index < -0.39 is 11.6 Å². The van der Waals surface area contributed by atoms with Crippen LogP contribution in [0.15, 0.2) is 41.0 Å². The van der Waals surface area contributed by atoms with Crippen molar-refractivity contribution in [2.75, 3.05) is 6.54 Å². The Kier molecular flexibility index (Phi) is 5.30. The van der Waals surface area contributed by atoms with Crippen LogP contribution >= 0.6 is 0 Å². The molecular formula is C16H19F2NO. The molecule has 1 N–H and O–H groups in total. The predicted molar refractivity (Wildman–Crippen MR) is 74.6 cm³/mol. The Balaban J connectivity index is 1.97. The summed E-state index contributed by atoms with van der Waals surface area (Å²) in [5.41, 5.74) is 0.539.